The minimum atomic E-state index is -0.408. The van der Waals surface area contributed by atoms with Crippen LogP contribution in [-0.2, 0) is 4.74 Å². The molecule has 0 bridgehead atoms. The fourth-order valence-corrected chi connectivity index (χ4v) is 1.80. The van der Waals surface area contributed by atoms with E-state index in [4.69, 9.17) is 4.74 Å². The number of hydrogen-bond donors (Lipinski definition) is 0. The molecular weight excluding hydrogens is 203 g/mol. The molecule has 0 spiro atoms. The predicted octanol–water partition coefficient (Wildman–Crippen LogP) is 3.65. The zero-order valence-electron chi connectivity index (χ0n) is 9.53. The van der Waals surface area contributed by atoms with Crippen LogP contribution in [0.25, 0.3) is 5.57 Å². The van der Waals surface area contributed by atoms with Gasteiger partial charge in [0.2, 0.25) is 0 Å². The van der Waals surface area contributed by atoms with Crippen LogP contribution in [0.2, 0.25) is 0 Å². The van der Waals surface area contributed by atoms with Crippen molar-refractivity contribution in [3.05, 3.63) is 53.4 Å². The third-order valence-corrected chi connectivity index (χ3v) is 2.82. The fraction of sp³-hybridized carbons (Fsp3) is 0.286. The van der Waals surface area contributed by atoms with Gasteiger partial charge < -0.3 is 4.74 Å². The quantitative estimate of drug-likeness (QED) is 0.736. The standard InChI is InChI=1S/C14H15FO/c1-10-3-5-11(6-4-10)12-7-8-14(16-2)13(15)9-12/h3-7,9,14H,8H2,1-2H3. The van der Waals surface area contributed by atoms with Crippen LogP contribution in [0.5, 0.6) is 0 Å². The Morgan fingerprint density at radius 1 is 1.25 bits per heavy atom. The van der Waals surface area contributed by atoms with Crippen LogP contribution in [0.4, 0.5) is 4.39 Å². The molecule has 1 nitrogen and oxygen atoms in total. The summed E-state index contributed by atoms with van der Waals surface area (Å²) in [6.45, 7) is 2.04. The van der Waals surface area contributed by atoms with Crippen LogP contribution in [0, 0.1) is 6.92 Å². The van der Waals surface area contributed by atoms with E-state index in [0.29, 0.717) is 6.42 Å². The number of rotatable bonds is 2. The van der Waals surface area contributed by atoms with Gasteiger partial charge in [-0.2, -0.15) is 0 Å². The minimum absolute atomic E-state index is 0.194. The van der Waals surface area contributed by atoms with E-state index >= 15 is 0 Å². The van der Waals surface area contributed by atoms with Crippen molar-refractivity contribution >= 4 is 5.57 Å². The lowest BCUT2D eigenvalue weighted by Crippen LogP contribution is -2.13. The summed E-state index contributed by atoms with van der Waals surface area (Å²) in [5, 5.41) is 0. The lowest BCUT2D eigenvalue weighted by molar-refractivity contribution is 0.114. The van der Waals surface area contributed by atoms with E-state index in [2.05, 4.69) is 0 Å². The molecule has 0 fully saturated rings. The van der Waals surface area contributed by atoms with Crippen LogP contribution in [-0.4, -0.2) is 13.2 Å². The van der Waals surface area contributed by atoms with Crippen molar-refractivity contribution in [2.75, 3.05) is 7.11 Å². The summed E-state index contributed by atoms with van der Waals surface area (Å²) in [7, 11) is 1.53. The maximum Gasteiger partial charge on any atom is 0.130 e. The van der Waals surface area contributed by atoms with E-state index < -0.39 is 6.10 Å². The van der Waals surface area contributed by atoms with E-state index in [-0.39, 0.29) is 5.83 Å². The van der Waals surface area contributed by atoms with E-state index in [9.17, 15) is 4.39 Å². The molecule has 0 amide bonds. The third-order valence-electron chi connectivity index (χ3n) is 2.82. The van der Waals surface area contributed by atoms with Crippen molar-refractivity contribution in [3.63, 3.8) is 0 Å². The molecule has 0 aliphatic heterocycles. The van der Waals surface area contributed by atoms with E-state index in [1.807, 2.05) is 37.3 Å². The van der Waals surface area contributed by atoms with E-state index in [1.165, 1.54) is 12.7 Å². The Hall–Kier alpha value is -1.41. The second-order valence-electron chi connectivity index (χ2n) is 4.01. The summed E-state index contributed by atoms with van der Waals surface area (Å²) >= 11 is 0. The monoisotopic (exact) mass is 218 g/mol. The van der Waals surface area contributed by atoms with Crippen LogP contribution in [0.15, 0.2) is 42.2 Å². The average Bonchev–Trinajstić information content (AvgIpc) is 2.30. The summed E-state index contributed by atoms with van der Waals surface area (Å²) in [5.41, 5.74) is 3.19. The van der Waals surface area contributed by atoms with Gasteiger partial charge in [0.25, 0.3) is 0 Å². The molecule has 16 heavy (non-hydrogen) atoms. The maximum atomic E-state index is 13.6. The summed E-state index contributed by atoms with van der Waals surface area (Å²) in [5.74, 6) is -0.194. The van der Waals surface area contributed by atoms with Gasteiger partial charge in [0, 0.05) is 7.11 Å². The van der Waals surface area contributed by atoms with Crippen LogP contribution in [0.3, 0.4) is 0 Å². The van der Waals surface area contributed by atoms with Crippen molar-refractivity contribution in [2.45, 2.75) is 19.4 Å². The maximum absolute atomic E-state index is 13.6. The zero-order valence-corrected chi connectivity index (χ0v) is 9.53. The number of aryl methyl sites for hydroxylation is 1. The molecular formula is C14H15FO. The third kappa shape index (κ3) is 2.22. The Kier molecular flexibility index (Phi) is 3.20. The summed E-state index contributed by atoms with van der Waals surface area (Å²) in [6.07, 6.45) is 3.76. The molecule has 1 unspecified atom stereocenters. The Labute approximate surface area is 95.2 Å². The van der Waals surface area contributed by atoms with Crippen LogP contribution >= 0.6 is 0 Å². The highest BCUT2D eigenvalue weighted by molar-refractivity contribution is 5.75. The number of ether oxygens (including phenoxy) is 1. The van der Waals surface area contributed by atoms with E-state index in [1.54, 1.807) is 6.08 Å². The number of benzene rings is 1. The van der Waals surface area contributed by atoms with Gasteiger partial charge in [0.05, 0.1) is 0 Å². The molecule has 0 radical (unpaired) electrons. The summed E-state index contributed by atoms with van der Waals surface area (Å²) in [4.78, 5) is 0. The molecule has 1 aromatic rings. The number of methoxy groups -OCH3 is 1. The van der Waals surface area contributed by atoms with Crippen LogP contribution < -0.4 is 0 Å². The Morgan fingerprint density at radius 3 is 2.50 bits per heavy atom. The first kappa shape index (κ1) is 11.1. The molecule has 2 rings (SSSR count). The van der Waals surface area contributed by atoms with Crippen molar-refractivity contribution in [1.29, 1.82) is 0 Å². The first-order valence-electron chi connectivity index (χ1n) is 5.38. The van der Waals surface area contributed by atoms with Gasteiger partial charge in [-0.05, 0) is 30.6 Å². The predicted molar refractivity (Wildman–Crippen MR) is 63.8 cm³/mol. The SMILES string of the molecule is COC1CC=C(c2ccc(C)cc2)C=C1F. The molecule has 0 heterocycles. The second-order valence-corrected chi connectivity index (χ2v) is 4.01. The van der Waals surface area contributed by atoms with Gasteiger partial charge in [0.1, 0.15) is 11.9 Å². The van der Waals surface area contributed by atoms with Gasteiger partial charge >= 0.3 is 0 Å². The van der Waals surface area contributed by atoms with E-state index in [0.717, 1.165) is 11.1 Å². The molecule has 0 saturated heterocycles. The van der Waals surface area contributed by atoms with Crippen molar-refractivity contribution in [3.8, 4) is 0 Å². The number of halogens is 1. The number of hydrogen-bond acceptors (Lipinski definition) is 1. The molecule has 84 valence electrons. The molecule has 1 aliphatic rings. The molecule has 1 aromatic carbocycles. The van der Waals surface area contributed by atoms with Crippen molar-refractivity contribution in [1.82, 2.24) is 0 Å². The molecule has 2 heteroatoms. The smallest absolute Gasteiger partial charge is 0.130 e. The van der Waals surface area contributed by atoms with Gasteiger partial charge in [-0.15, -0.1) is 0 Å². The first-order chi connectivity index (χ1) is 7.70. The second kappa shape index (κ2) is 4.62. The largest absolute Gasteiger partial charge is 0.374 e. The van der Waals surface area contributed by atoms with Gasteiger partial charge in [0.15, 0.2) is 0 Å². The summed E-state index contributed by atoms with van der Waals surface area (Å²) in [6, 6.07) is 8.09. The topological polar surface area (TPSA) is 9.23 Å². The average molecular weight is 218 g/mol. The molecule has 0 saturated carbocycles. The fourth-order valence-electron chi connectivity index (χ4n) is 1.80. The van der Waals surface area contributed by atoms with Gasteiger partial charge in [-0.3, -0.25) is 0 Å². The molecule has 1 aliphatic carbocycles. The highest BCUT2D eigenvalue weighted by atomic mass is 19.1. The number of allylic oxidation sites excluding steroid dienone is 2. The Balaban J connectivity index is 2.24. The molecule has 0 aromatic heterocycles. The Bertz CT molecular complexity index is 429. The van der Waals surface area contributed by atoms with Crippen molar-refractivity contribution in [2.24, 2.45) is 0 Å². The first-order valence-corrected chi connectivity index (χ1v) is 5.38. The Morgan fingerprint density at radius 2 is 1.94 bits per heavy atom. The highest BCUT2D eigenvalue weighted by Gasteiger charge is 2.17. The molecule has 0 N–H and O–H groups in total. The summed E-state index contributed by atoms with van der Waals surface area (Å²) < 4.78 is 18.6. The lowest BCUT2D eigenvalue weighted by Gasteiger charge is -2.17. The zero-order chi connectivity index (χ0) is 11.5. The highest BCUT2D eigenvalue weighted by Crippen LogP contribution is 2.27. The van der Waals surface area contributed by atoms with Gasteiger partial charge in [-0.1, -0.05) is 35.9 Å². The molecule has 1 atom stereocenters. The minimum Gasteiger partial charge on any atom is -0.374 e. The van der Waals surface area contributed by atoms with Crippen LogP contribution in [0.1, 0.15) is 17.5 Å². The normalized spacial score (nSPS) is 20.3. The lowest BCUT2D eigenvalue weighted by atomic mass is 9.97. The van der Waals surface area contributed by atoms with Crippen molar-refractivity contribution < 1.29 is 9.13 Å². The van der Waals surface area contributed by atoms with Gasteiger partial charge in [-0.25, -0.2) is 4.39 Å².